The zero-order chi connectivity index (χ0) is 46.5. The number of aliphatic hydroxyl groups is 1. The summed E-state index contributed by atoms with van der Waals surface area (Å²) in [4.78, 5) is 41.7. The summed E-state index contributed by atoms with van der Waals surface area (Å²) in [6, 6.07) is 36.7. The zero-order valence-electron chi connectivity index (χ0n) is 42.0. The Labute approximate surface area is 423 Å². The number of ketones is 1. The van der Waals surface area contributed by atoms with Crippen molar-refractivity contribution in [2.24, 2.45) is 0 Å². The Hall–Kier alpha value is -3.27. The molecule has 8 bridgehead atoms. The number of nitrogens with zero attached hydrogens (tertiary/aromatic N) is 3. The number of Topliss-reactive ketones (excluding diaryl/α,β-unsaturated/α-hetero) is 1. The van der Waals surface area contributed by atoms with E-state index in [1.165, 1.54) is 68.1 Å². The van der Waals surface area contributed by atoms with Gasteiger partial charge in [-0.2, -0.15) is 0 Å². The molecule has 8 saturated heterocycles. The Balaban J connectivity index is 0.000000149. The number of hydrogen-bond acceptors (Lipinski definition) is 8. The largest absolute Gasteiger partial charge is 0.390 e. The SMILES string of the molecule is CC(=O)NC1(C)CC2CCC(C1)N2.CC(=O)NC1(C)CC2CCC(C1)N2Cc1ccccc1.CC1(O)CC2CCC(C1)N2Cc1ccccc1.O=C1CC2CCC(C1)N2Cc1ccccc1.[CH3-].[Pd]. The Kier molecular flexibility index (Phi) is 18.9. The van der Waals surface area contributed by atoms with Gasteiger partial charge in [-0.25, -0.2) is 0 Å². The number of benzene rings is 3. The summed E-state index contributed by atoms with van der Waals surface area (Å²) in [5, 5.41) is 20.0. The maximum Gasteiger partial charge on any atom is 0.217 e. The predicted molar refractivity (Wildman–Crippen MR) is 270 cm³/mol. The number of fused-ring (bicyclic) bond motifs is 8. The zero-order valence-corrected chi connectivity index (χ0v) is 43.6. The van der Waals surface area contributed by atoms with Crippen LogP contribution in [0.2, 0.25) is 0 Å². The average Bonchev–Trinajstić information content (AvgIpc) is 3.90. The maximum absolute atomic E-state index is 11.5. The van der Waals surface area contributed by atoms with Crippen molar-refractivity contribution in [3.63, 3.8) is 0 Å². The van der Waals surface area contributed by atoms with E-state index in [2.05, 4.69) is 135 Å². The van der Waals surface area contributed by atoms with Gasteiger partial charge in [0.2, 0.25) is 11.8 Å². The molecule has 3 aromatic carbocycles. The molecule has 0 aromatic heterocycles. The maximum atomic E-state index is 11.5. The number of carbonyl (C=O) groups excluding carboxylic acids is 3. The Bertz CT molecular complexity index is 2020. The molecule has 11 rings (SSSR count). The average molecular weight is 1020 g/mol. The van der Waals surface area contributed by atoms with Crippen LogP contribution < -0.4 is 16.0 Å². The van der Waals surface area contributed by atoms with Crippen LogP contribution in [0.5, 0.6) is 0 Å². The van der Waals surface area contributed by atoms with E-state index in [0.717, 1.165) is 71.0 Å². The molecular formula is C57H83N6O4Pd-. The van der Waals surface area contributed by atoms with Gasteiger partial charge >= 0.3 is 0 Å². The van der Waals surface area contributed by atoms with E-state index in [4.69, 9.17) is 0 Å². The first-order valence-corrected chi connectivity index (χ1v) is 25.6. The molecule has 8 aliphatic rings. The first-order chi connectivity index (χ1) is 31.6. The summed E-state index contributed by atoms with van der Waals surface area (Å²) in [6.07, 6.45) is 17.8. The topological polar surface area (TPSA) is 117 Å². The summed E-state index contributed by atoms with van der Waals surface area (Å²) < 4.78 is 0. The third-order valence-corrected chi connectivity index (χ3v) is 16.3. The van der Waals surface area contributed by atoms with E-state index in [-0.39, 0.29) is 50.7 Å². The van der Waals surface area contributed by atoms with Gasteiger partial charge in [-0.1, -0.05) is 91.0 Å². The molecule has 11 heteroatoms. The molecule has 68 heavy (non-hydrogen) atoms. The van der Waals surface area contributed by atoms with Crippen LogP contribution in [0.15, 0.2) is 91.0 Å². The van der Waals surface area contributed by atoms with Crippen molar-refractivity contribution in [1.82, 2.24) is 30.7 Å². The van der Waals surface area contributed by atoms with Crippen LogP contribution in [-0.2, 0) is 54.4 Å². The smallest absolute Gasteiger partial charge is 0.217 e. The van der Waals surface area contributed by atoms with Gasteiger partial charge in [-0.15, -0.1) is 0 Å². The number of amides is 2. The molecule has 4 N–H and O–H groups in total. The minimum atomic E-state index is -0.432. The van der Waals surface area contributed by atoms with E-state index in [1.54, 1.807) is 13.8 Å². The summed E-state index contributed by atoms with van der Waals surface area (Å²) >= 11 is 0. The van der Waals surface area contributed by atoms with Gasteiger partial charge in [0, 0.05) is 126 Å². The van der Waals surface area contributed by atoms with Crippen LogP contribution in [-0.4, -0.2) is 102 Å². The fourth-order valence-electron chi connectivity index (χ4n) is 13.8. The normalized spacial score (nSPS) is 34.3. The molecule has 0 aliphatic carbocycles. The second-order valence-electron chi connectivity index (χ2n) is 22.4. The standard InChI is InChI=1S/C17H24N2O.C15H21NO.C14H17NO.C10H18N2O.CH3.Pd/c1-13(20)18-17(2)10-15-8-9-16(11-17)19(15)12-14-6-4-3-5-7-14;1-15(17)9-13-7-8-14(10-15)16(13)11-12-5-3-2-4-6-12;16-14-8-12-6-7-13(9-14)15(12)10-11-4-2-1-3-5-11;1-7(13)12-10(2)5-8-3-4-9(6-10)11-8;;/h3-7,15-16H,8-12H2,1-2H3,(H,18,20);2-6,13-14,17H,7-11H2,1H3;1-5,12-13H,6-10H2;8-9,11H,3-6H2,1-2H3,(H,12,13);1H3;/q;;;;-1;. The van der Waals surface area contributed by atoms with E-state index in [0.29, 0.717) is 54.1 Å². The van der Waals surface area contributed by atoms with Gasteiger partial charge in [0.05, 0.1) is 5.60 Å². The molecule has 8 fully saturated rings. The number of hydrogen-bond donors (Lipinski definition) is 4. The first kappa shape index (κ1) is 54.1. The summed E-state index contributed by atoms with van der Waals surface area (Å²) in [6.45, 7) is 12.7. The molecule has 8 unspecified atom stereocenters. The van der Waals surface area contributed by atoms with Crippen LogP contribution in [0.4, 0.5) is 0 Å². The molecule has 376 valence electrons. The molecule has 8 aliphatic heterocycles. The van der Waals surface area contributed by atoms with Gasteiger partial charge in [-0.3, -0.25) is 29.1 Å². The van der Waals surface area contributed by atoms with E-state index in [1.807, 2.05) is 6.92 Å². The van der Waals surface area contributed by atoms with Crippen molar-refractivity contribution < 1.29 is 39.9 Å². The number of piperidine rings is 4. The van der Waals surface area contributed by atoms with Crippen molar-refractivity contribution in [3.05, 3.63) is 115 Å². The predicted octanol–water partition coefficient (Wildman–Crippen LogP) is 8.90. The van der Waals surface area contributed by atoms with Crippen LogP contribution in [0, 0.1) is 7.43 Å². The minimum Gasteiger partial charge on any atom is -0.390 e. The fraction of sp³-hybridized carbons (Fsp3) is 0.614. The van der Waals surface area contributed by atoms with Crippen molar-refractivity contribution in [1.29, 1.82) is 0 Å². The number of rotatable bonds is 8. The number of carbonyl (C=O) groups is 3. The summed E-state index contributed by atoms with van der Waals surface area (Å²) in [7, 11) is 0. The van der Waals surface area contributed by atoms with Gasteiger partial charge in [0.15, 0.2) is 0 Å². The van der Waals surface area contributed by atoms with Gasteiger partial charge in [0.25, 0.3) is 0 Å². The van der Waals surface area contributed by atoms with Gasteiger partial charge < -0.3 is 28.5 Å². The Morgan fingerprint density at radius 3 is 1.19 bits per heavy atom. The van der Waals surface area contributed by atoms with Crippen LogP contribution in [0.3, 0.4) is 0 Å². The third-order valence-electron chi connectivity index (χ3n) is 16.3. The van der Waals surface area contributed by atoms with Crippen LogP contribution >= 0.6 is 0 Å². The molecule has 0 spiro atoms. The Morgan fingerprint density at radius 2 is 0.838 bits per heavy atom. The molecule has 0 radical (unpaired) electrons. The van der Waals surface area contributed by atoms with Crippen LogP contribution in [0.25, 0.3) is 0 Å². The molecule has 8 heterocycles. The first-order valence-electron chi connectivity index (χ1n) is 25.6. The van der Waals surface area contributed by atoms with Crippen molar-refractivity contribution >= 4 is 17.6 Å². The molecule has 2 amide bonds. The monoisotopic (exact) mass is 1020 g/mol. The van der Waals surface area contributed by atoms with Gasteiger partial charge in [0.1, 0.15) is 5.78 Å². The summed E-state index contributed by atoms with van der Waals surface area (Å²) in [5.74, 6) is 0.670. The quantitative estimate of drug-likeness (QED) is 0.131. The van der Waals surface area contributed by atoms with Crippen molar-refractivity contribution in [3.8, 4) is 0 Å². The summed E-state index contributed by atoms with van der Waals surface area (Å²) in [5.41, 5.74) is 3.76. The van der Waals surface area contributed by atoms with Gasteiger partial charge in [-0.05, 0) is 127 Å². The minimum absolute atomic E-state index is 0. The van der Waals surface area contributed by atoms with E-state index < -0.39 is 5.60 Å². The fourth-order valence-corrected chi connectivity index (χ4v) is 13.8. The molecule has 8 atom stereocenters. The molecule has 0 saturated carbocycles. The number of nitrogens with one attached hydrogen (secondary N) is 3. The van der Waals surface area contributed by atoms with E-state index >= 15 is 0 Å². The second-order valence-corrected chi connectivity index (χ2v) is 22.4. The molecular weight excluding hydrogens is 939 g/mol. The molecule has 10 nitrogen and oxygen atoms in total. The van der Waals surface area contributed by atoms with E-state index in [9.17, 15) is 19.5 Å². The third kappa shape index (κ3) is 14.4. The Morgan fingerprint density at radius 1 is 0.529 bits per heavy atom. The second kappa shape index (κ2) is 23.8. The van der Waals surface area contributed by atoms with Crippen molar-refractivity contribution in [2.75, 3.05) is 0 Å². The van der Waals surface area contributed by atoms with Crippen molar-refractivity contribution in [2.45, 2.75) is 222 Å². The molecule has 3 aromatic rings. The van der Waals surface area contributed by atoms with Crippen LogP contribution in [0.1, 0.15) is 154 Å².